The summed E-state index contributed by atoms with van der Waals surface area (Å²) >= 11 is 0. The maximum Gasteiger partial charge on any atom is 0.0915 e. The van der Waals surface area contributed by atoms with Gasteiger partial charge in [-0.05, 0) is 37.6 Å². The Morgan fingerprint density at radius 1 is 0.944 bits per heavy atom. The molecule has 3 aromatic rings. The maximum atomic E-state index is 4.61. The zero-order chi connectivity index (χ0) is 12.5. The van der Waals surface area contributed by atoms with E-state index < -0.39 is 0 Å². The molecule has 3 heterocycles. The minimum absolute atomic E-state index is 0.908. The van der Waals surface area contributed by atoms with Gasteiger partial charge >= 0.3 is 0 Å². The van der Waals surface area contributed by atoms with Crippen LogP contribution in [0.5, 0.6) is 0 Å². The molecule has 0 bridgehead atoms. The van der Waals surface area contributed by atoms with E-state index in [-0.39, 0.29) is 0 Å². The van der Waals surface area contributed by atoms with E-state index in [4.69, 9.17) is 0 Å². The van der Waals surface area contributed by atoms with Gasteiger partial charge < -0.3 is 0 Å². The zero-order valence-electron chi connectivity index (χ0n) is 10.4. The number of fused-ring (bicyclic) bond motifs is 1. The molecule has 0 aliphatic heterocycles. The van der Waals surface area contributed by atoms with Crippen LogP contribution in [0.3, 0.4) is 0 Å². The fourth-order valence-electron chi connectivity index (χ4n) is 2.12. The molecule has 0 spiro atoms. The molecule has 0 saturated heterocycles. The van der Waals surface area contributed by atoms with Crippen LogP contribution in [0.2, 0.25) is 0 Å². The average molecular weight is 235 g/mol. The molecule has 0 saturated carbocycles. The van der Waals surface area contributed by atoms with Crippen molar-refractivity contribution < 1.29 is 0 Å². The molecule has 0 amide bonds. The summed E-state index contributed by atoms with van der Waals surface area (Å²) in [6, 6.07) is 10.0. The Morgan fingerprint density at radius 2 is 1.72 bits per heavy atom. The normalized spacial score (nSPS) is 10.8. The second-order valence-electron chi connectivity index (χ2n) is 4.34. The summed E-state index contributed by atoms with van der Waals surface area (Å²) in [7, 11) is 0. The van der Waals surface area contributed by atoms with Crippen LogP contribution in [0, 0.1) is 13.8 Å². The highest BCUT2D eigenvalue weighted by atomic mass is 14.8. The minimum Gasteiger partial charge on any atom is -0.254 e. The van der Waals surface area contributed by atoms with Crippen molar-refractivity contribution in [1.82, 2.24) is 15.0 Å². The average Bonchev–Trinajstić information content (AvgIpc) is 2.39. The first kappa shape index (κ1) is 10.8. The molecular formula is C15H13N3. The number of pyridine rings is 3. The van der Waals surface area contributed by atoms with E-state index >= 15 is 0 Å². The molecule has 18 heavy (non-hydrogen) atoms. The maximum absolute atomic E-state index is 4.61. The lowest BCUT2D eigenvalue weighted by atomic mass is 10.1. The Morgan fingerprint density at radius 3 is 2.56 bits per heavy atom. The zero-order valence-corrected chi connectivity index (χ0v) is 10.4. The number of aromatic nitrogens is 3. The molecule has 0 radical (unpaired) electrons. The van der Waals surface area contributed by atoms with Crippen LogP contribution in [0.4, 0.5) is 0 Å². The van der Waals surface area contributed by atoms with Crippen molar-refractivity contribution in [2.75, 3.05) is 0 Å². The highest BCUT2D eigenvalue weighted by molar-refractivity contribution is 5.84. The van der Waals surface area contributed by atoms with Crippen LogP contribution in [0.1, 0.15) is 11.3 Å². The van der Waals surface area contributed by atoms with E-state index in [2.05, 4.69) is 21.0 Å². The first-order valence-corrected chi connectivity index (χ1v) is 5.90. The van der Waals surface area contributed by atoms with Crippen LogP contribution in [-0.2, 0) is 0 Å². The summed E-state index contributed by atoms with van der Waals surface area (Å²) < 4.78 is 0. The lowest BCUT2D eigenvalue weighted by Crippen LogP contribution is -1.94. The molecule has 0 aliphatic carbocycles. The SMILES string of the molecule is Cc1cccnc1-c1cc2cccnc2c(C)n1. The lowest BCUT2D eigenvalue weighted by Gasteiger charge is -2.07. The monoisotopic (exact) mass is 235 g/mol. The Balaban J connectivity index is 2.28. The molecule has 0 unspecified atom stereocenters. The number of hydrogen-bond acceptors (Lipinski definition) is 3. The second kappa shape index (κ2) is 4.18. The molecule has 0 N–H and O–H groups in total. The van der Waals surface area contributed by atoms with Crippen molar-refractivity contribution in [2.45, 2.75) is 13.8 Å². The third kappa shape index (κ3) is 1.74. The first-order valence-electron chi connectivity index (χ1n) is 5.90. The molecule has 3 rings (SSSR count). The van der Waals surface area contributed by atoms with Gasteiger partial charge in [-0.25, -0.2) is 4.98 Å². The number of aryl methyl sites for hydroxylation is 2. The Labute approximate surface area is 106 Å². The third-order valence-corrected chi connectivity index (χ3v) is 3.01. The Hall–Kier alpha value is -2.29. The summed E-state index contributed by atoms with van der Waals surface area (Å²) in [5.41, 5.74) is 4.87. The summed E-state index contributed by atoms with van der Waals surface area (Å²) in [5, 5.41) is 1.10. The second-order valence-corrected chi connectivity index (χ2v) is 4.34. The van der Waals surface area contributed by atoms with Gasteiger partial charge in [-0.3, -0.25) is 9.97 Å². The van der Waals surface area contributed by atoms with Gasteiger partial charge in [0, 0.05) is 17.8 Å². The van der Waals surface area contributed by atoms with E-state index in [0.29, 0.717) is 0 Å². The quantitative estimate of drug-likeness (QED) is 0.649. The van der Waals surface area contributed by atoms with Gasteiger partial charge in [0.1, 0.15) is 0 Å². The standard InChI is InChI=1S/C15H13N3/c1-10-5-3-7-16-14(10)13-9-12-6-4-8-17-15(12)11(2)18-13/h3-9H,1-2H3. The fraction of sp³-hybridized carbons (Fsp3) is 0.133. The Bertz CT molecular complexity index is 720. The summed E-state index contributed by atoms with van der Waals surface area (Å²) in [5.74, 6) is 0. The fourth-order valence-corrected chi connectivity index (χ4v) is 2.12. The van der Waals surface area contributed by atoms with Gasteiger partial charge in [-0.1, -0.05) is 12.1 Å². The van der Waals surface area contributed by atoms with Gasteiger partial charge in [-0.2, -0.15) is 0 Å². The van der Waals surface area contributed by atoms with Crippen LogP contribution in [0.15, 0.2) is 42.7 Å². The van der Waals surface area contributed by atoms with Gasteiger partial charge in [-0.15, -0.1) is 0 Å². The minimum atomic E-state index is 0.908. The molecule has 3 heteroatoms. The molecular weight excluding hydrogens is 222 g/mol. The highest BCUT2D eigenvalue weighted by Crippen LogP contribution is 2.23. The van der Waals surface area contributed by atoms with Crippen molar-refractivity contribution in [3.8, 4) is 11.4 Å². The topological polar surface area (TPSA) is 38.7 Å². The van der Waals surface area contributed by atoms with Gasteiger partial charge in [0.2, 0.25) is 0 Å². The molecule has 0 aromatic carbocycles. The van der Waals surface area contributed by atoms with E-state index in [1.54, 1.807) is 12.4 Å². The summed E-state index contributed by atoms with van der Waals surface area (Å²) in [6.07, 6.45) is 3.59. The number of hydrogen-bond donors (Lipinski definition) is 0. The number of rotatable bonds is 1. The molecule has 3 aromatic heterocycles. The molecule has 0 fully saturated rings. The van der Waals surface area contributed by atoms with Crippen molar-refractivity contribution in [3.63, 3.8) is 0 Å². The van der Waals surface area contributed by atoms with Crippen molar-refractivity contribution in [1.29, 1.82) is 0 Å². The van der Waals surface area contributed by atoms with Crippen molar-refractivity contribution in [2.24, 2.45) is 0 Å². The van der Waals surface area contributed by atoms with Crippen molar-refractivity contribution in [3.05, 3.63) is 54.0 Å². The van der Waals surface area contributed by atoms with Gasteiger partial charge in [0.25, 0.3) is 0 Å². The van der Waals surface area contributed by atoms with Crippen LogP contribution >= 0.6 is 0 Å². The van der Waals surface area contributed by atoms with E-state index in [9.17, 15) is 0 Å². The molecule has 88 valence electrons. The number of nitrogens with zero attached hydrogens (tertiary/aromatic N) is 3. The predicted octanol–water partition coefficient (Wildman–Crippen LogP) is 3.31. The smallest absolute Gasteiger partial charge is 0.0915 e. The molecule has 0 aliphatic rings. The van der Waals surface area contributed by atoms with Gasteiger partial charge in [0.15, 0.2) is 0 Å². The third-order valence-electron chi connectivity index (χ3n) is 3.01. The molecule has 0 atom stereocenters. The molecule has 3 nitrogen and oxygen atoms in total. The van der Waals surface area contributed by atoms with E-state index in [1.165, 1.54) is 0 Å². The Kier molecular flexibility index (Phi) is 2.52. The van der Waals surface area contributed by atoms with E-state index in [1.807, 2.05) is 38.1 Å². The predicted molar refractivity (Wildman–Crippen MR) is 72.2 cm³/mol. The largest absolute Gasteiger partial charge is 0.254 e. The van der Waals surface area contributed by atoms with E-state index in [0.717, 1.165) is 33.5 Å². The van der Waals surface area contributed by atoms with Crippen LogP contribution < -0.4 is 0 Å². The van der Waals surface area contributed by atoms with Gasteiger partial charge in [0.05, 0.1) is 22.6 Å². The highest BCUT2D eigenvalue weighted by Gasteiger charge is 2.08. The lowest BCUT2D eigenvalue weighted by molar-refractivity contribution is 1.17. The van der Waals surface area contributed by atoms with Crippen molar-refractivity contribution >= 4 is 10.9 Å². The summed E-state index contributed by atoms with van der Waals surface area (Å²) in [4.78, 5) is 13.4. The summed E-state index contributed by atoms with van der Waals surface area (Å²) in [6.45, 7) is 4.03. The van der Waals surface area contributed by atoms with Crippen LogP contribution in [-0.4, -0.2) is 15.0 Å². The first-order chi connectivity index (χ1) is 8.75. The van der Waals surface area contributed by atoms with Crippen LogP contribution in [0.25, 0.3) is 22.3 Å².